The summed E-state index contributed by atoms with van der Waals surface area (Å²) in [5.41, 5.74) is 4.90. The van der Waals surface area contributed by atoms with Gasteiger partial charge in [0.15, 0.2) is 0 Å². The lowest BCUT2D eigenvalue weighted by atomic mass is 10.1. The summed E-state index contributed by atoms with van der Waals surface area (Å²) in [6.07, 6.45) is 4.57. The van der Waals surface area contributed by atoms with Crippen LogP contribution >= 0.6 is 0 Å². The molecule has 0 bridgehead atoms. The zero-order chi connectivity index (χ0) is 16.9. The molecule has 5 heteroatoms. The van der Waals surface area contributed by atoms with Gasteiger partial charge < -0.3 is 9.72 Å². The van der Waals surface area contributed by atoms with Crippen LogP contribution in [0.25, 0.3) is 10.9 Å². The molecular weight excluding hydrogens is 300 g/mol. The van der Waals surface area contributed by atoms with E-state index in [1.807, 2.05) is 12.4 Å². The van der Waals surface area contributed by atoms with Gasteiger partial charge in [-0.2, -0.15) is 0 Å². The first-order chi connectivity index (χ1) is 11.7. The minimum absolute atomic E-state index is 0.652. The summed E-state index contributed by atoms with van der Waals surface area (Å²) in [6.45, 7) is 4.51. The molecule has 0 unspecified atom stereocenters. The Kier molecular flexibility index (Phi) is 5.23. The van der Waals surface area contributed by atoms with E-state index in [0.29, 0.717) is 6.61 Å². The lowest BCUT2D eigenvalue weighted by molar-refractivity contribution is 0.200. The van der Waals surface area contributed by atoms with Crippen LogP contribution in [0.4, 0.5) is 0 Å². The van der Waals surface area contributed by atoms with Crippen molar-refractivity contribution in [3.63, 3.8) is 0 Å². The van der Waals surface area contributed by atoms with Crippen molar-refractivity contribution in [2.24, 2.45) is 0 Å². The molecule has 0 atom stereocenters. The summed E-state index contributed by atoms with van der Waals surface area (Å²) in [7, 11) is 3.80. The molecule has 1 N–H and O–H groups in total. The molecule has 2 aromatic heterocycles. The van der Waals surface area contributed by atoms with Crippen LogP contribution in [0.1, 0.15) is 22.6 Å². The minimum Gasteiger partial charge on any atom is -0.384 e. The number of ether oxygens (including phenoxy) is 1. The molecule has 0 aliphatic heterocycles. The van der Waals surface area contributed by atoms with Crippen LogP contribution in [0, 0.1) is 6.92 Å². The van der Waals surface area contributed by atoms with Crippen molar-refractivity contribution < 1.29 is 4.74 Å². The van der Waals surface area contributed by atoms with Gasteiger partial charge >= 0.3 is 0 Å². The molecule has 0 aliphatic rings. The van der Waals surface area contributed by atoms with Gasteiger partial charge in [-0.05, 0) is 25.6 Å². The smallest absolute Gasteiger partial charge is 0.130 e. The number of rotatable bonds is 7. The first kappa shape index (κ1) is 16.6. The van der Waals surface area contributed by atoms with Crippen molar-refractivity contribution in [2.45, 2.75) is 26.4 Å². The molecule has 0 fully saturated rings. The zero-order valence-corrected chi connectivity index (χ0v) is 14.5. The fraction of sp³-hybridized carbons (Fsp3) is 0.368. The van der Waals surface area contributed by atoms with Gasteiger partial charge in [0.2, 0.25) is 0 Å². The maximum absolute atomic E-state index is 5.05. The predicted molar refractivity (Wildman–Crippen MR) is 95.8 cm³/mol. The molecule has 0 saturated carbocycles. The number of aromatic nitrogens is 3. The Bertz CT molecular complexity index is 795. The second-order valence-corrected chi connectivity index (χ2v) is 6.20. The van der Waals surface area contributed by atoms with Crippen LogP contribution in [0.5, 0.6) is 0 Å². The molecule has 0 amide bonds. The summed E-state index contributed by atoms with van der Waals surface area (Å²) in [5, 5.41) is 1.30. The highest BCUT2D eigenvalue weighted by Gasteiger charge is 2.10. The van der Waals surface area contributed by atoms with Crippen molar-refractivity contribution in [3.05, 3.63) is 59.3 Å². The van der Waals surface area contributed by atoms with Crippen molar-refractivity contribution >= 4 is 10.9 Å². The number of nitrogens with one attached hydrogen (secondary N) is 1. The van der Waals surface area contributed by atoms with Crippen molar-refractivity contribution in [2.75, 3.05) is 20.8 Å². The van der Waals surface area contributed by atoms with Gasteiger partial charge in [-0.3, -0.25) is 4.90 Å². The maximum atomic E-state index is 5.05. The molecule has 3 aromatic rings. The molecule has 126 valence electrons. The topological polar surface area (TPSA) is 54.0 Å². The quantitative estimate of drug-likeness (QED) is 0.725. The largest absolute Gasteiger partial charge is 0.384 e. The Hall–Kier alpha value is -2.24. The van der Waals surface area contributed by atoms with Crippen molar-refractivity contribution in [3.8, 4) is 0 Å². The molecule has 24 heavy (non-hydrogen) atoms. The number of aromatic amines is 1. The van der Waals surface area contributed by atoms with Crippen molar-refractivity contribution in [1.82, 2.24) is 19.9 Å². The average Bonchev–Trinajstić information content (AvgIpc) is 2.90. The molecule has 0 radical (unpaired) electrons. The molecule has 0 spiro atoms. The van der Waals surface area contributed by atoms with Crippen LogP contribution in [-0.2, 0) is 24.2 Å². The third-order valence-corrected chi connectivity index (χ3v) is 4.24. The number of aryl methyl sites for hydroxylation is 1. The van der Waals surface area contributed by atoms with E-state index in [0.717, 1.165) is 30.9 Å². The fourth-order valence-electron chi connectivity index (χ4n) is 2.92. The Morgan fingerprint density at radius 1 is 1.12 bits per heavy atom. The van der Waals surface area contributed by atoms with E-state index in [-0.39, 0.29) is 0 Å². The Balaban J connectivity index is 1.64. The SMILES string of the molecule is COCCc1ncc(CN(C)Cc2[nH]c3ccccc3c2C)cn1. The number of benzene rings is 1. The standard InChI is InChI=1S/C19H24N4O/c1-14-16-6-4-5-7-17(16)22-18(14)13-23(2)12-15-10-20-19(21-11-15)8-9-24-3/h4-7,10-11,22H,8-9,12-13H2,1-3H3. The molecule has 1 aromatic carbocycles. The van der Waals surface area contributed by atoms with Crippen LogP contribution in [0.15, 0.2) is 36.7 Å². The normalized spacial score (nSPS) is 11.5. The molecular formula is C19H24N4O. The van der Waals surface area contributed by atoms with Crippen LogP contribution < -0.4 is 0 Å². The third kappa shape index (κ3) is 3.80. The number of para-hydroxylation sites is 1. The average molecular weight is 324 g/mol. The van der Waals surface area contributed by atoms with E-state index in [1.54, 1.807) is 7.11 Å². The second-order valence-electron chi connectivity index (χ2n) is 6.20. The highest BCUT2D eigenvalue weighted by Crippen LogP contribution is 2.22. The molecule has 2 heterocycles. The number of methoxy groups -OCH3 is 1. The highest BCUT2D eigenvalue weighted by atomic mass is 16.5. The maximum Gasteiger partial charge on any atom is 0.130 e. The molecule has 0 aliphatic carbocycles. The summed E-state index contributed by atoms with van der Waals surface area (Å²) in [4.78, 5) is 14.6. The number of hydrogen-bond acceptors (Lipinski definition) is 4. The second kappa shape index (κ2) is 7.55. The number of hydrogen-bond donors (Lipinski definition) is 1. The van der Waals surface area contributed by atoms with E-state index in [1.165, 1.54) is 22.2 Å². The fourth-order valence-corrected chi connectivity index (χ4v) is 2.92. The van der Waals surface area contributed by atoms with E-state index in [9.17, 15) is 0 Å². The number of nitrogens with zero attached hydrogens (tertiary/aromatic N) is 3. The Labute approximate surface area is 142 Å². The van der Waals surface area contributed by atoms with Crippen LogP contribution in [-0.4, -0.2) is 40.6 Å². The van der Waals surface area contributed by atoms with Gasteiger partial charge in [-0.25, -0.2) is 9.97 Å². The molecule has 3 rings (SSSR count). The first-order valence-electron chi connectivity index (χ1n) is 8.21. The highest BCUT2D eigenvalue weighted by molar-refractivity contribution is 5.84. The Morgan fingerprint density at radius 3 is 2.58 bits per heavy atom. The van der Waals surface area contributed by atoms with Crippen LogP contribution in [0.3, 0.4) is 0 Å². The van der Waals surface area contributed by atoms with Gasteiger partial charge in [0.1, 0.15) is 5.82 Å². The van der Waals surface area contributed by atoms with Gasteiger partial charge in [0.05, 0.1) is 6.61 Å². The van der Waals surface area contributed by atoms with Gasteiger partial charge in [0, 0.05) is 61.2 Å². The van der Waals surface area contributed by atoms with E-state index < -0.39 is 0 Å². The van der Waals surface area contributed by atoms with Crippen LogP contribution in [0.2, 0.25) is 0 Å². The summed E-state index contributed by atoms with van der Waals surface area (Å²) < 4.78 is 5.05. The monoisotopic (exact) mass is 324 g/mol. The summed E-state index contributed by atoms with van der Waals surface area (Å²) in [6, 6.07) is 8.43. The summed E-state index contributed by atoms with van der Waals surface area (Å²) in [5.74, 6) is 0.828. The van der Waals surface area contributed by atoms with E-state index >= 15 is 0 Å². The predicted octanol–water partition coefficient (Wildman–Crippen LogP) is 3.09. The van der Waals surface area contributed by atoms with Gasteiger partial charge in [-0.1, -0.05) is 18.2 Å². The van der Waals surface area contributed by atoms with E-state index in [4.69, 9.17) is 4.74 Å². The van der Waals surface area contributed by atoms with E-state index in [2.05, 4.69) is 58.1 Å². The van der Waals surface area contributed by atoms with Crippen molar-refractivity contribution in [1.29, 1.82) is 0 Å². The lowest BCUT2D eigenvalue weighted by Crippen LogP contribution is -2.18. The first-order valence-corrected chi connectivity index (χ1v) is 8.21. The molecule has 0 saturated heterocycles. The zero-order valence-electron chi connectivity index (χ0n) is 14.5. The number of fused-ring (bicyclic) bond motifs is 1. The van der Waals surface area contributed by atoms with Gasteiger partial charge in [-0.15, -0.1) is 0 Å². The minimum atomic E-state index is 0.652. The van der Waals surface area contributed by atoms with Gasteiger partial charge in [0.25, 0.3) is 0 Å². The number of H-pyrrole nitrogens is 1. The molecule has 5 nitrogen and oxygen atoms in total. The summed E-state index contributed by atoms with van der Waals surface area (Å²) >= 11 is 0. The lowest BCUT2D eigenvalue weighted by Gasteiger charge is -2.16. The Morgan fingerprint density at radius 2 is 1.88 bits per heavy atom. The third-order valence-electron chi connectivity index (χ3n) is 4.24.